The van der Waals surface area contributed by atoms with E-state index in [-0.39, 0.29) is 13.0 Å². The topological polar surface area (TPSA) is 21.3 Å². The lowest BCUT2D eigenvalue weighted by Gasteiger charge is -2.15. The Balaban J connectivity index is 2.56. The summed E-state index contributed by atoms with van der Waals surface area (Å²) in [4.78, 5) is 0. The van der Waals surface area contributed by atoms with Crippen molar-refractivity contribution in [2.24, 2.45) is 0 Å². The highest BCUT2D eigenvalue weighted by atomic mass is 19.4. The average Bonchev–Trinajstić information content (AvgIpc) is 2.32. The van der Waals surface area contributed by atoms with Crippen LogP contribution >= 0.6 is 0 Å². The van der Waals surface area contributed by atoms with Crippen LogP contribution < -0.4 is 10.1 Å². The van der Waals surface area contributed by atoms with Gasteiger partial charge in [0.15, 0.2) is 0 Å². The number of aryl methyl sites for hydroxylation is 1. The number of hydrogen-bond acceptors (Lipinski definition) is 2. The number of rotatable bonds is 7. The minimum absolute atomic E-state index is 0.0154. The lowest BCUT2D eigenvalue weighted by molar-refractivity contribution is -0.136. The molecule has 0 saturated heterocycles. The molecule has 0 bridgehead atoms. The van der Waals surface area contributed by atoms with Crippen molar-refractivity contribution in [3.8, 4) is 5.75 Å². The lowest BCUT2D eigenvalue weighted by atomic mass is 10.1. The van der Waals surface area contributed by atoms with Crippen molar-refractivity contribution in [2.75, 3.05) is 13.2 Å². The van der Waals surface area contributed by atoms with Crippen LogP contribution in [0.25, 0.3) is 0 Å². The summed E-state index contributed by atoms with van der Waals surface area (Å²) in [7, 11) is 0. The van der Waals surface area contributed by atoms with Gasteiger partial charge in [0.1, 0.15) is 5.75 Å². The van der Waals surface area contributed by atoms with Crippen molar-refractivity contribution in [1.29, 1.82) is 0 Å². The molecule has 19 heavy (non-hydrogen) atoms. The largest absolute Gasteiger partial charge is 0.493 e. The maximum atomic E-state index is 12.0. The van der Waals surface area contributed by atoms with Crippen molar-refractivity contribution in [3.05, 3.63) is 29.3 Å². The molecule has 0 amide bonds. The standard InChI is InChI=1S/C14H20F3NO/c1-3-18-10-12-7-4-6-11(2)13(12)19-9-5-8-14(15,16)17/h4,6-7,18H,3,5,8-10H2,1-2H3. The van der Waals surface area contributed by atoms with Crippen LogP contribution in [0.5, 0.6) is 5.75 Å². The van der Waals surface area contributed by atoms with Gasteiger partial charge in [-0.3, -0.25) is 0 Å². The van der Waals surface area contributed by atoms with E-state index in [1.165, 1.54) is 0 Å². The Labute approximate surface area is 112 Å². The van der Waals surface area contributed by atoms with E-state index in [0.717, 1.165) is 17.7 Å². The van der Waals surface area contributed by atoms with Crippen molar-refractivity contribution in [3.63, 3.8) is 0 Å². The van der Waals surface area contributed by atoms with Gasteiger partial charge in [-0.05, 0) is 25.5 Å². The maximum Gasteiger partial charge on any atom is 0.389 e. The first-order valence-electron chi connectivity index (χ1n) is 6.43. The molecule has 0 radical (unpaired) electrons. The van der Waals surface area contributed by atoms with Crippen molar-refractivity contribution in [2.45, 2.75) is 39.4 Å². The Morgan fingerprint density at radius 1 is 1.26 bits per heavy atom. The molecule has 0 atom stereocenters. The average molecular weight is 275 g/mol. The predicted octanol–water partition coefficient (Wildman–Crippen LogP) is 3.83. The van der Waals surface area contributed by atoms with Crippen LogP contribution in [0.4, 0.5) is 13.2 Å². The van der Waals surface area contributed by atoms with E-state index >= 15 is 0 Å². The Bertz CT molecular complexity index is 391. The van der Waals surface area contributed by atoms with Crippen molar-refractivity contribution >= 4 is 0 Å². The maximum absolute atomic E-state index is 12.0. The molecule has 0 spiro atoms. The SMILES string of the molecule is CCNCc1cccc(C)c1OCCCC(F)(F)F. The van der Waals surface area contributed by atoms with E-state index in [1.807, 2.05) is 32.0 Å². The van der Waals surface area contributed by atoms with Crippen LogP contribution in [0.15, 0.2) is 18.2 Å². The minimum atomic E-state index is -4.11. The molecule has 5 heteroatoms. The van der Waals surface area contributed by atoms with E-state index in [9.17, 15) is 13.2 Å². The van der Waals surface area contributed by atoms with Gasteiger partial charge in [-0.1, -0.05) is 25.1 Å². The zero-order chi connectivity index (χ0) is 14.3. The third-order valence-electron chi connectivity index (χ3n) is 2.71. The fraction of sp³-hybridized carbons (Fsp3) is 0.571. The van der Waals surface area contributed by atoms with Crippen LogP contribution in [0, 0.1) is 6.92 Å². The highest BCUT2D eigenvalue weighted by molar-refractivity contribution is 5.40. The number of para-hydroxylation sites is 1. The Kier molecular flexibility index (Phi) is 6.15. The molecule has 0 fully saturated rings. The summed E-state index contributed by atoms with van der Waals surface area (Å²) in [5.41, 5.74) is 1.93. The van der Waals surface area contributed by atoms with Crippen LogP contribution in [0.1, 0.15) is 30.9 Å². The first kappa shape index (κ1) is 15.8. The number of hydrogen-bond donors (Lipinski definition) is 1. The molecule has 108 valence electrons. The highest BCUT2D eigenvalue weighted by Gasteiger charge is 2.26. The van der Waals surface area contributed by atoms with E-state index < -0.39 is 12.6 Å². The van der Waals surface area contributed by atoms with Crippen LogP contribution in [0.3, 0.4) is 0 Å². The summed E-state index contributed by atoms with van der Waals surface area (Å²) in [5.74, 6) is 0.700. The van der Waals surface area contributed by atoms with E-state index in [4.69, 9.17) is 4.74 Å². The quantitative estimate of drug-likeness (QED) is 0.764. The van der Waals surface area contributed by atoms with Gasteiger partial charge in [-0.15, -0.1) is 0 Å². The second-order valence-electron chi connectivity index (χ2n) is 4.41. The normalized spacial score (nSPS) is 11.6. The van der Waals surface area contributed by atoms with Gasteiger partial charge in [0.25, 0.3) is 0 Å². The van der Waals surface area contributed by atoms with Crippen LogP contribution in [0.2, 0.25) is 0 Å². The van der Waals surface area contributed by atoms with Gasteiger partial charge in [0.2, 0.25) is 0 Å². The van der Waals surface area contributed by atoms with E-state index in [2.05, 4.69) is 5.32 Å². The summed E-state index contributed by atoms with van der Waals surface area (Å²) >= 11 is 0. The second kappa shape index (κ2) is 7.38. The molecule has 1 aromatic rings. The molecule has 2 nitrogen and oxygen atoms in total. The Morgan fingerprint density at radius 2 is 2.00 bits per heavy atom. The third kappa shape index (κ3) is 5.96. The van der Waals surface area contributed by atoms with Crippen LogP contribution in [-0.2, 0) is 6.54 Å². The molecule has 0 aliphatic heterocycles. The minimum Gasteiger partial charge on any atom is -0.493 e. The van der Waals surface area contributed by atoms with Crippen molar-refractivity contribution in [1.82, 2.24) is 5.32 Å². The molecule has 0 saturated carbocycles. The summed E-state index contributed by atoms with van der Waals surface area (Å²) < 4.78 is 41.6. The molecule has 0 unspecified atom stereocenters. The smallest absolute Gasteiger partial charge is 0.389 e. The van der Waals surface area contributed by atoms with Crippen LogP contribution in [-0.4, -0.2) is 19.3 Å². The first-order valence-corrected chi connectivity index (χ1v) is 6.43. The van der Waals surface area contributed by atoms with Gasteiger partial charge in [0.05, 0.1) is 6.61 Å². The number of nitrogens with one attached hydrogen (secondary N) is 1. The fourth-order valence-corrected chi connectivity index (χ4v) is 1.77. The van der Waals surface area contributed by atoms with Gasteiger partial charge in [-0.2, -0.15) is 13.2 Å². The molecule has 1 rings (SSSR count). The van der Waals surface area contributed by atoms with Gasteiger partial charge < -0.3 is 10.1 Å². The molecule has 0 aromatic heterocycles. The molecule has 0 heterocycles. The molecule has 1 aromatic carbocycles. The summed E-state index contributed by atoms with van der Waals surface area (Å²) in [6, 6.07) is 5.74. The van der Waals surface area contributed by atoms with Gasteiger partial charge >= 0.3 is 6.18 Å². The monoisotopic (exact) mass is 275 g/mol. The number of benzene rings is 1. The molecule has 0 aliphatic rings. The lowest BCUT2D eigenvalue weighted by Crippen LogP contribution is -2.14. The second-order valence-corrected chi connectivity index (χ2v) is 4.41. The molecular weight excluding hydrogens is 255 g/mol. The number of ether oxygens (including phenoxy) is 1. The zero-order valence-corrected chi connectivity index (χ0v) is 11.3. The molecule has 0 aliphatic carbocycles. The Hall–Kier alpha value is -1.23. The predicted molar refractivity (Wildman–Crippen MR) is 69.3 cm³/mol. The van der Waals surface area contributed by atoms with Gasteiger partial charge in [0, 0.05) is 18.5 Å². The van der Waals surface area contributed by atoms with Crippen molar-refractivity contribution < 1.29 is 17.9 Å². The van der Waals surface area contributed by atoms with E-state index in [0.29, 0.717) is 12.3 Å². The highest BCUT2D eigenvalue weighted by Crippen LogP contribution is 2.25. The first-order chi connectivity index (χ1) is 8.94. The molecule has 1 N–H and O–H groups in total. The molecular formula is C14H20F3NO. The van der Waals surface area contributed by atoms with E-state index in [1.54, 1.807) is 0 Å². The number of alkyl halides is 3. The zero-order valence-electron chi connectivity index (χ0n) is 11.3. The summed E-state index contributed by atoms with van der Waals surface area (Å²) in [5, 5.41) is 3.19. The summed E-state index contributed by atoms with van der Waals surface area (Å²) in [6.45, 7) is 5.48. The third-order valence-corrected chi connectivity index (χ3v) is 2.71. The summed E-state index contributed by atoms with van der Waals surface area (Å²) in [6.07, 6.45) is -4.93. The number of halogens is 3. The fourth-order valence-electron chi connectivity index (χ4n) is 1.77. The van der Waals surface area contributed by atoms with Gasteiger partial charge in [-0.25, -0.2) is 0 Å². The Morgan fingerprint density at radius 3 is 2.63 bits per heavy atom.